The minimum atomic E-state index is -0.939. The Morgan fingerprint density at radius 3 is 2.60 bits per heavy atom. The predicted octanol–water partition coefficient (Wildman–Crippen LogP) is 4.73. The minimum Gasteiger partial charge on any atom is -0.478 e. The molecule has 0 aliphatic carbocycles. The fourth-order valence-corrected chi connectivity index (χ4v) is 2.78. The van der Waals surface area contributed by atoms with Crippen LogP contribution in [0.4, 0.5) is 0 Å². The molecule has 1 N–H and O–H groups in total. The molecule has 0 unspecified atom stereocenters. The smallest absolute Gasteiger partial charge is 0.328 e. The number of benzene rings is 2. The van der Waals surface area contributed by atoms with E-state index in [1.807, 2.05) is 48.5 Å². The molecule has 0 fully saturated rings. The molecule has 0 heterocycles. The van der Waals surface area contributed by atoms with Crippen molar-refractivity contribution in [1.82, 2.24) is 0 Å². The van der Waals surface area contributed by atoms with Gasteiger partial charge in [-0.15, -0.1) is 11.8 Å². The fraction of sp³-hybridized carbons (Fsp3) is 0.0625. The second kappa shape index (κ2) is 7.17. The van der Waals surface area contributed by atoms with E-state index in [2.05, 4.69) is 0 Å². The van der Waals surface area contributed by atoms with Gasteiger partial charge in [0.1, 0.15) is 0 Å². The summed E-state index contributed by atoms with van der Waals surface area (Å²) in [4.78, 5) is 11.6. The van der Waals surface area contributed by atoms with Crippen molar-refractivity contribution in [2.45, 2.75) is 10.6 Å². The van der Waals surface area contributed by atoms with E-state index in [1.54, 1.807) is 17.8 Å². The second-order valence-electron chi connectivity index (χ2n) is 4.16. The molecule has 2 nitrogen and oxygen atoms in total. The van der Waals surface area contributed by atoms with Crippen LogP contribution in [0.2, 0.25) is 5.02 Å². The number of carbonyl (C=O) groups is 1. The van der Waals surface area contributed by atoms with Crippen LogP contribution in [0, 0.1) is 0 Å². The van der Waals surface area contributed by atoms with Gasteiger partial charge in [-0.1, -0.05) is 41.9 Å². The van der Waals surface area contributed by atoms with E-state index in [0.29, 0.717) is 0 Å². The Morgan fingerprint density at radius 2 is 1.95 bits per heavy atom. The zero-order chi connectivity index (χ0) is 14.4. The molecule has 0 bridgehead atoms. The fourth-order valence-electron chi connectivity index (χ4n) is 1.62. The summed E-state index contributed by atoms with van der Waals surface area (Å²) >= 11 is 7.65. The quantitative estimate of drug-likeness (QED) is 0.641. The first kappa shape index (κ1) is 14.7. The number of thioether (sulfide) groups is 1. The maximum atomic E-state index is 10.4. The summed E-state index contributed by atoms with van der Waals surface area (Å²) in [6, 6.07) is 15.6. The molecular weight excluding hydrogens is 292 g/mol. The molecule has 0 aliphatic heterocycles. The van der Waals surface area contributed by atoms with Crippen molar-refractivity contribution < 1.29 is 9.90 Å². The SMILES string of the molecule is O=C(O)C=Cc1ccc(CSc2cccc(Cl)c2)cc1. The number of hydrogen-bond acceptors (Lipinski definition) is 2. The average Bonchev–Trinajstić information content (AvgIpc) is 2.44. The highest BCUT2D eigenvalue weighted by atomic mass is 35.5. The van der Waals surface area contributed by atoms with Gasteiger partial charge in [-0.2, -0.15) is 0 Å². The minimum absolute atomic E-state index is 0.740. The van der Waals surface area contributed by atoms with E-state index in [4.69, 9.17) is 16.7 Å². The summed E-state index contributed by atoms with van der Waals surface area (Å²) in [5, 5.41) is 9.30. The van der Waals surface area contributed by atoms with Crippen molar-refractivity contribution in [3.05, 3.63) is 70.8 Å². The monoisotopic (exact) mass is 304 g/mol. The number of carboxylic acids is 1. The Bertz CT molecular complexity index is 621. The third-order valence-corrected chi connectivity index (χ3v) is 3.90. The van der Waals surface area contributed by atoms with Gasteiger partial charge in [-0.25, -0.2) is 4.79 Å². The molecule has 0 radical (unpaired) electrons. The van der Waals surface area contributed by atoms with Gasteiger partial charge >= 0.3 is 5.97 Å². The zero-order valence-corrected chi connectivity index (χ0v) is 12.2. The highest BCUT2D eigenvalue weighted by Gasteiger charge is 1.98. The molecule has 102 valence electrons. The molecule has 0 amide bonds. The number of aliphatic carboxylic acids is 1. The van der Waals surface area contributed by atoms with Crippen molar-refractivity contribution in [3.8, 4) is 0 Å². The maximum absolute atomic E-state index is 10.4. The molecule has 20 heavy (non-hydrogen) atoms. The molecule has 0 spiro atoms. The Balaban J connectivity index is 1.95. The lowest BCUT2D eigenvalue weighted by molar-refractivity contribution is -0.131. The van der Waals surface area contributed by atoms with Gasteiger partial charge in [-0.3, -0.25) is 0 Å². The van der Waals surface area contributed by atoms with Crippen molar-refractivity contribution in [2.24, 2.45) is 0 Å². The maximum Gasteiger partial charge on any atom is 0.328 e. The third-order valence-electron chi connectivity index (χ3n) is 2.60. The average molecular weight is 305 g/mol. The van der Waals surface area contributed by atoms with E-state index >= 15 is 0 Å². The first-order valence-electron chi connectivity index (χ1n) is 6.02. The Morgan fingerprint density at radius 1 is 1.20 bits per heavy atom. The van der Waals surface area contributed by atoms with Gasteiger partial charge in [-0.05, 0) is 35.4 Å². The molecule has 2 aromatic rings. The summed E-state index contributed by atoms with van der Waals surface area (Å²) in [5.41, 5.74) is 2.06. The second-order valence-corrected chi connectivity index (χ2v) is 5.64. The van der Waals surface area contributed by atoms with E-state index in [9.17, 15) is 4.79 Å². The van der Waals surface area contributed by atoms with Gasteiger partial charge in [0.2, 0.25) is 0 Å². The van der Waals surface area contributed by atoms with Crippen LogP contribution in [-0.4, -0.2) is 11.1 Å². The van der Waals surface area contributed by atoms with Crippen LogP contribution >= 0.6 is 23.4 Å². The molecule has 4 heteroatoms. The summed E-state index contributed by atoms with van der Waals surface area (Å²) in [6.45, 7) is 0. The van der Waals surface area contributed by atoms with Gasteiger partial charge in [0.15, 0.2) is 0 Å². The van der Waals surface area contributed by atoms with Crippen molar-refractivity contribution in [3.63, 3.8) is 0 Å². The first-order chi connectivity index (χ1) is 9.63. The van der Waals surface area contributed by atoms with Crippen LogP contribution < -0.4 is 0 Å². The highest BCUT2D eigenvalue weighted by Crippen LogP contribution is 2.25. The van der Waals surface area contributed by atoms with E-state index in [-0.39, 0.29) is 0 Å². The normalized spacial score (nSPS) is 10.8. The summed E-state index contributed by atoms with van der Waals surface area (Å²) in [5.74, 6) is -0.0888. The van der Waals surface area contributed by atoms with Gasteiger partial charge < -0.3 is 5.11 Å². The van der Waals surface area contributed by atoms with Gasteiger partial charge in [0, 0.05) is 21.7 Å². The lowest BCUT2D eigenvalue weighted by atomic mass is 10.1. The molecule has 0 saturated heterocycles. The molecule has 0 atom stereocenters. The van der Waals surface area contributed by atoms with E-state index in [0.717, 1.165) is 27.3 Å². The molecule has 0 aromatic heterocycles. The van der Waals surface area contributed by atoms with Crippen LogP contribution in [0.1, 0.15) is 11.1 Å². The van der Waals surface area contributed by atoms with Crippen LogP contribution in [0.3, 0.4) is 0 Å². The molecule has 2 rings (SSSR count). The predicted molar refractivity (Wildman–Crippen MR) is 84.1 cm³/mol. The third kappa shape index (κ3) is 4.76. The van der Waals surface area contributed by atoms with E-state index < -0.39 is 5.97 Å². The van der Waals surface area contributed by atoms with Crippen LogP contribution in [0.25, 0.3) is 6.08 Å². The van der Waals surface area contributed by atoms with Gasteiger partial charge in [0.05, 0.1) is 0 Å². The number of carboxylic acid groups (broad SMARTS) is 1. The first-order valence-corrected chi connectivity index (χ1v) is 7.38. The molecule has 2 aromatic carbocycles. The van der Waals surface area contributed by atoms with Crippen molar-refractivity contribution in [2.75, 3.05) is 0 Å². The zero-order valence-electron chi connectivity index (χ0n) is 10.6. The van der Waals surface area contributed by atoms with Crippen LogP contribution in [-0.2, 0) is 10.5 Å². The van der Waals surface area contributed by atoms with Crippen molar-refractivity contribution >= 4 is 35.4 Å². The van der Waals surface area contributed by atoms with Crippen LogP contribution in [0.15, 0.2) is 59.5 Å². The highest BCUT2D eigenvalue weighted by molar-refractivity contribution is 7.98. The van der Waals surface area contributed by atoms with Crippen molar-refractivity contribution in [1.29, 1.82) is 0 Å². The molecule has 0 saturated carbocycles. The summed E-state index contributed by atoms with van der Waals surface area (Å²) < 4.78 is 0. The summed E-state index contributed by atoms with van der Waals surface area (Å²) in [7, 11) is 0. The lowest BCUT2D eigenvalue weighted by Crippen LogP contribution is -1.86. The van der Waals surface area contributed by atoms with Crippen LogP contribution in [0.5, 0.6) is 0 Å². The number of rotatable bonds is 5. The lowest BCUT2D eigenvalue weighted by Gasteiger charge is -2.03. The number of halogens is 1. The topological polar surface area (TPSA) is 37.3 Å². The van der Waals surface area contributed by atoms with Gasteiger partial charge in [0.25, 0.3) is 0 Å². The Kier molecular flexibility index (Phi) is 5.27. The summed E-state index contributed by atoms with van der Waals surface area (Å²) in [6.07, 6.45) is 2.71. The van der Waals surface area contributed by atoms with E-state index in [1.165, 1.54) is 5.56 Å². The molecule has 0 aliphatic rings. The molecular formula is C16H13ClO2S. The number of hydrogen-bond donors (Lipinski definition) is 1. The Hall–Kier alpha value is -1.71. The largest absolute Gasteiger partial charge is 0.478 e. The standard InChI is InChI=1S/C16H13ClO2S/c17-14-2-1-3-15(10-14)20-11-13-6-4-12(5-7-13)8-9-16(18)19/h1-10H,11H2,(H,18,19). The Labute approximate surface area is 127 Å².